The molecule has 0 N–H and O–H groups in total. The molecule has 132 valence electrons. The molecule has 1 aliphatic heterocycles. The Balaban J connectivity index is 2.13. The average Bonchev–Trinajstić information content (AvgIpc) is 2.72. The highest BCUT2D eigenvalue weighted by molar-refractivity contribution is 6.62. The van der Waals surface area contributed by atoms with Crippen LogP contribution < -0.4 is 5.46 Å². The van der Waals surface area contributed by atoms with Gasteiger partial charge in [-0.1, -0.05) is 37.6 Å². The molecule has 0 spiro atoms. The molecule has 4 nitrogen and oxygen atoms in total. The van der Waals surface area contributed by atoms with Gasteiger partial charge in [-0.05, 0) is 51.6 Å². The Morgan fingerprint density at radius 3 is 2.12 bits per heavy atom. The third kappa shape index (κ3) is 4.20. The van der Waals surface area contributed by atoms with E-state index < -0.39 is 0 Å². The SMILES string of the molecule is CCCC[C@@H](OC(C)=O)c1ccc(B2OC(C)(C)C(C)(C)O2)cc1. The van der Waals surface area contributed by atoms with Crippen LogP contribution in [0.15, 0.2) is 24.3 Å². The van der Waals surface area contributed by atoms with E-state index in [0.29, 0.717) is 0 Å². The molecule has 1 aromatic rings. The number of ether oxygens (including phenoxy) is 1. The average molecular weight is 332 g/mol. The summed E-state index contributed by atoms with van der Waals surface area (Å²) in [5, 5.41) is 0. The topological polar surface area (TPSA) is 44.8 Å². The molecule has 1 aromatic carbocycles. The van der Waals surface area contributed by atoms with Gasteiger partial charge in [0.15, 0.2) is 0 Å². The predicted molar refractivity (Wildman–Crippen MR) is 96.2 cm³/mol. The van der Waals surface area contributed by atoms with Crippen LogP contribution >= 0.6 is 0 Å². The molecule has 1 atom stereocenters. The van der Waals surface area contributed by atoms with E-state index in [1.54, 1.807) is 0 Å². The van der Waals surface area contributed by atoms with Crippen LogP contribution in [0.4, 0.5) is 0 Å². The van der Waals surface area contributed by atoms with Crippen LogP contribution in [0, 0.1) is 0 Å². The van der Waals surface area contributed by atoms with Crippen LogP contribution in [0.1, 0.15) is 72.5 Å². The van der Waals surface area contributed by atoms with Crippen molar-refractivity contribution in [2.75, 3.05) is 0 Å². The molecule has 1 fully saturated rings. The lowest BCUT2D eigenvalue weighted by atomic mass is 9.78. The molecule has 1 heterocycles. The van der Waals surface area contributed by atoms with Gasteiger partial charge in [0.1, 0.15) is 6.10 Å². The molecule has 0 saturated carbocycles. The first-order valence-corrected chi connectivity index (χ1v) is 8.79. The summed E-state index contributed by atoms with van der Waals surface area (Å²) in [4.78, 5) is 11.3. The Morgan fingerprint density at radius 1 is 1.12 bits per heavy atom. The van der Waals surface area contributed by atoms with Crippen molar-refractivity contribution >= 4 is 18.6 Å². The summed E-state index contributed by atoms with van der Waals surface area (Å²) in [6.07, 6.45) is 2.75. The van der Waals surface area contributed by atoms with Crippen LogP contribution in [0.3, 0.4) is 0 Å². The standard InChI is InChI=1S/C19H29BO4/c1-7-8-9-17(22-14(2)21)15-10-12-16(13-11-15)20-23-18(3,4)19(5,6)24-20/h10-13,17H,7-9H2,1-6H3/t17-/m1/s1. The van der Waals surface area contributed by atoms with Crippen LogP contribution in [0.25, 0.3) is 0 Å². The lowest BCUT2D eigenvalue weighted by Gasteiger charge is -2.32. The van der Waals surface area contributed by atoms with Gasteiger partial charge in [-0.25, -0.2) is 0 Å². The Kier molecular flexibility index (Phi) is 5.76. The van der Waals surface area contributed by atoms with E-state index in [0.717, 1.165) is 30.3 Å². The lowest BCUT2D eigenvalue weighted by Crippen LogP contribution is -2.41. The van der Waals surface area contributed by atoms with Gasteiger partial charge in [0.25, 0.3) is 0 Å². The Morgan fingerprint density at radius 2 is 1.67 bits per heavy atom. The van der Waals surface area contributed by atoms with E-state index in [1.807, 2.05) is 52.0 Å². The highest BCUT2D eigenvalue weighted by Crippen LogP contribution is 2.36. The number of esters is 1. The van der Waals surface area contributed by atoms with Gasteiger partial charge in [0, 0.05) is 6.92 Å². The fourth-order valence-corrected chi connectivity index (χ4v) is 2.73. The summed E-state index contributed by atoms with van der Waals surface area (Å²) >= 11 is 0. The highest BCUT2D eigenvalue weighted by atomic mass is 16.7. The van der Waals surface area contributed by atoms with Gasteiger partial charge in [-0.15, -0.1) is 0 Å². The molecule has 0 radical (unpaired) electrons. The number of benzene rings is 1. The summed E-state index contributed by atoms with van der Waals surface area (Å²) in [5.74, 6) is -0.244. The zero-order chi connectivity index (χ0) is 18.0. The van der Waals surface area contributed by atoms with Gasteiger partial charge in [-0.2, -0.15) is 0 Å². The van der Waals surface area contributed by atoms with E-state index in [1.165, 1.54) is 6.92 Å². The number of carbonyl (C=O) groups is 1. The van der Waals surface area contributed by atoms with E-state index in [4.69, 9.17) is 14.0 Å². The maximum atomic E-state index is 11.3. The summed E-state index contributed by atoms with van der Waals surface area (Å²) in [5.41, 5.74) is 1.29. The second kappa shape index (κ2) is 7.28. The lowest BCUT2D eigenvalue weighted by molar-refractivity contribution is -0.147. The fraction of sp³-hybridized carbons (Fsp3) is 0.632. The Labute approximate surface area is 146 Å². The fourth-order valence-electron chi connectivity index (χ4n) is 2.73. The van der Waals surface area contributed by atoms with Crippen molar-refractivity contribution in [3.8, 4) is 0 Å². The Bertz CT molecular complexity index is 549. The van der Waals surface area contributed by atoms with E-state index in [9.17, 15) is 4.79 Å². The molecule has 0 unspecified atom stereocenters. The van der Waals surface area contributed by atoms with Crippen molar-refractivity contribution in [1.29, 1.82) is 0 Å². The number of carbonyl (C=O) groups excluding carboxylic acids is 1. The molecule has 0 aromatic heterocycles. The van der Waals surface area contributed by atoms with Crippen molar-refractivity contribution in [2.45, 2.75) is 78.1 Å². The monoisotopic (exact) mass is 332 g/mol. The smallest absolute Gasteiger partial charge is 0.458 e. The second-order valence-corrected chi connectivity index (χ2v) is 7.50. The maximum Gasteiger partial charge on any atom is 0.494 e. The zero-order valence-corrected chi connectivity index (χ0v) is 15.7. The normalized spacial score (nSPS) is 20.0. The first kappa shape index (κ1) is 19.0. The summed E-state index contributed by atoms with van der Waals surface area (Å²) in [6, 6.07) is 8.01. The van der Waals surface area contributed by atoms with E-state index in [-0.39, 0.29) is 30.4 Å². The van der Waals surface area contributed by atoms with Crippen LogP contribution in [0.2, 0.25) is 0 Å². The first-order valence-electron chi connectivity index (χ1n) is 8.79. The number of hydrogen-bond acceptors (Lipinski definition) is 4. The summed E-state index contributed by atoms with van der Waals surface area (Å²) < 4.78 is 17.6. The predicted octanol–water partition coefficient (Wildman–Crippen LogP) is 3.78. The molecule has 1 saturated heterocycles. The zero-order valence-electron chi connectivity index (χ0n) is 15.7. The summed E-state index contributed by atoms with van der Waals surface area (Å²) in [7, 11) is -0.369. The van der Waals surface area contributed by atoms with Gasteiger partial charge in [0.2, 0.25) is 0 Å². The molecule has 1 aliphatic rings. The minimum absolute atomic E-state index is 0.185. The summed E-state index contributed by atoms with van der Waals surface area (Å²) in [6.45, 7) is 11.8. The molecular formula is C19H29BO4. The van der Waals surface area contributed by atoms with Crippen LogP contribution in [-0.4, -0.2) is 24.3 Å². The minimum atomic E-state index is -0.369. The molecule has 2 rings (SSSR count). The maximum absolute atomic E-state index is 11.3. The third-order valence-electron chi connectivity index (χ3n) is 4.96. The number of hydrogen-bond donors (Lipinski definition) is 0. The van der Waals surface area contributed by atoms with Crippen molar-refractivity contribution in [3.63, 3.8) is 0 Å². The van der Waals surface area contributed by atoms with E-state index >= 15 is 0 Å². The van der Waals surface area contributed by atoms with Gasteiger partial charge in [0.05, 0.1) is 11.2 Å². The van der Waals surface area contributed by atoms with Gasteiger partial charge >= 0.3 is 13.1 Å². The van der Waals surface area contributed by atoms with Crippen LogP contribution in [0.5, 0.6) is 0 Å². The third-order valence-corrected chi connectivity index (χ3v) is 4.96. The number of unbranched alkanes of at least 4 members (excludes halogenated alkanes) is 1. The van der Waals surface area contributed by atoms with Gasteiger partial charge in [-0.3, -0.25) is 4.79 Å². The van der Waals surface area contributed by atoms with Crippen molar-refractivity contribution in [3.05, 3.63) is 29.8 Å². The highest BCUT2D eigenvalue weighted by Gasteiger charge is 2.51. The first-order chi connectivity index (χ1) is 11.2. The minimum Gasteiger partial charge on any atom is -0.458 e. The van der Waals surface area contributed by atoms with Crippen molar-refractivity contribution in [2.24, 2.45) is 0 Å². The van der Waals surface area contributed by atoms with Crippen molar-refractivity contribution in [1.82, 2.24) is 0 Å². The second-order valence-electron chi connectivity index (χ2n) is 7.50. The quantitative estimate of drug-likeness (QED) is 0.587. The van der Waals surface area contributed by atoms with Crippen LogP contribution in [-0.2, 0) is 18.8 Å². The van der Waals surface area contributed by atoms with Gasteiger partial charge < -0.3 is 14.0 Å². The Hall–Kier alpha value is -1.33. The molecule has 0 aliphatic carbocycles. The molecular weight excluding hydrogens is 303 g/mol. The largest absolute Gasteiger partial charge is 0.494 e. The van der Waals surface area contributed by atoms with E-state index in [2.05, 4.69) is 6.92 Å². The number of rotatable bonds is 6. The molecule has 0 amide bonds. The molecule has 0 bridgehead atoms. The van der Waals surface area contributed by atoms with Crippen molar-refractivity contribution < 1.29 is 18.8 Å². The molecule has 5 heteroatoms. The molecule has 24 heavy (non-hydrogen) atoms.